The number of alkyl halides is 3. The number of fused-ring (bicyclic) bond motifs is 1. The number of thioether (sulfide) groups is 1. The van der Waals surface area contributed by atoms with E-state index in [1.54, 1.807) is 33.4 Å². The molecule has 15 heteroatoms. The summed E-state index contributed by atoms with van der Waals surface area (Å²) in [6.07, 6.45) is 5.30. The van der Waals surface area contributed by atoms with Crippen molar-refractivity contribution in [2.75, 3.05) is 32.0 Å². The third-order valence-corrected chi connectivity index (χ3v) is 9.85. The Morgan fingerprint density at radius 1 is 1.06 bits per heavy atom. The molecule has 4 aromatic rings. The molecule has 2 aromatic heterocycles. The number of halogens is 3. The lowest BCUT2D eigenvalue weighted by atomic mass is 10.0. The Morgan fingerprint density at radius 2 is 1.86 bits per heavy atom. The average Bonchev–Trinajstić information content (AvgIpc) is 3.09. The van der Waals surface area contributed by atoms with Crippen LogP contribution in [0, 0.1) is 0 Å². The Kier molecular flexibility index (Phi) is 13.3. The number of nitrogens with two attached hydrogens (primary N) is 1. The first-order valence-corrected chi connectivity index (χ1v) is 17.9. The lowest BCUT2D eigenvalue weighted by Gasteiger charge is -2.30. The highest BCUT2D eigenvalue weighted by molar-refractivity contribution is 7.99. The number of H-pyrrole nitrogens is 1. The van der Waals surface area contributed by atoms with Gasteiger partial charge in [-0.3, -0.25) is 19.0 Å². The van der Waals surface area contributed by atoms with E-state index in [1.165, 1.54) is 37.1 Å². The van der Waals surface area contributed by atoms with E-state index < -0.39 is 11.7 Å². The van der Waals surface area contributed by atoms with Crippen LogP contribution in [0.4, 0.5) is 18.9 Å². The normalized spacial score (nSPS) is 14.2. The molecule has 2 aliphatic rings. The molecule has 4 N–H and O–H groups in total. The SMILES string of the molecule is Nc1cccc(-n2c(SC3CCC3)nc3c(c2=O)CN(C(=O)CCNCCCCCOc2ccc(C(F)(F)F)cc2)CC3)c1.O=c1ccnc[nH]1. The van der Waals surface area contributed by atoms with Gasteiger partial charge in [-0.15, -0.1) is 0 Å². The monoisotopic (exact) mass is 725 g/mol. The number of unbranched alkanes of at least 4 members (excludes halogenated alkanes) is 2. The van der Waals surface area contributed by atoms with E-state index in [0.717, 1.165) is 56.5 Å². The van der Waals surface area contributed by atoms with Gasteiger partial charge in [-0.2, -0.15) is 13.2 Å². The molecule has 3 heterocycles. The largest absolute Gasteiger partial charge is 0.494 e. The molecule has 51 heavy (non-hydrogen) atoms. The molecule has 1 saturated carbocycles. The van der Waals surface area contributed by atoms with Gasteiger partial charge in [0.1, 0.15) is 5.75 Å². The van der Waals surface area contributed by atoms with Crippen molar-refractivity contribution in [3.05, 3.63) is 105 Å². The van der Waals surface area contributed by atoms with Gasteiger partial charge in [0.15, 0.2) is 5.16 Å². The van der Waals surface area contributed by atoms with Gasteiger partial charge in [0.25, 0.3) is 11.1 Å². The number of hydrogen-bond donors (Lipinski definition) is 3. The highest BCUT2D eigenvalue weighted by Gasteiger charge is 2.30. The molecule has 0 radical (unpaired) electrons. The predicted octanol–water partition coefficient (Wildman–Crippen LogP) is 5.36. The Labute approximate surface area is 297 Å². The van der Waals surface area contributed by atoms with E-state index in [2.05, 4.69) is 15.3 Å². The van der Waals surface area contributed by atoms with Crippen molar-refractivity contribution in [1.82, 2.24) is 29.7 Å². The van der Waals surface area contributed by atoms with Crippen LogP contribution in [0.1, 0.15) is 61.8 Å². The fourth-order valence-corrected chi connectivity index (χ4v) is 6.84. The van der Waals surface area contributed by atoms with Gasteiger partial charge in [-0.25, -0.2) is 9.97 Å². The van der Waals surface area contributed by atoms with Crippen molar-refractivity contribution in [1.29, 1.82) is 0 Å². The minimum Gasteiger partial charge on any atom is -0.494 e. The lowest BCUT2D eigenvalue weighted by molar-refractivity contribution is -0.137. The molecule has 272 valence electrons. The van der Waals surface area contributed by atoms with Gasteiger partial charge in [-0.1, -0.05) is 24.2 Å². The quantitative estimate of drug-likeness (QED) is 0.0942. The van der Waals surface area contributed by atoms with E-state index in [-0.39, 0.29) is 23.6 Å². The molecule has 11 nitrogen and oxygen atoms in total. The number of benzene rings is 2. The van der Waals surface area contributed by atoms with E-state index in [4.69, 9.17) is 15.5 Å². The molecule has 0 saturated heterocycles. The summed E-state index contributed by atoms with van der Waals surface area (Å²) in [5, 5.41) is 4.45. The molecular weight excluding hydrogens is 684 g/mol. The summed E-state index contributed by atoms with van der Waals surface area (Å²) in [5.74, 6) is 0.415. The highest BCUT2D eigenvalue weighted by atomic mass is 32.2. The van der Waals surface area contributed by atoms with Crippen molar-refractivity contribution in [3.8, 4) is 11.4 Å². The van der Waals surface area contributed by atoms with Crippen molar-refractivity contribution < 1.29 is 22.7 Å². The molecule has 0 atom stereocenters. The summed E-state index contributed by atoms with van der Waals surface area (Å²) in [6, 6.07) is 13.3. The molecule has 2 aromatic carbocycles. The van der Waals surface area contributed by atoms with Crippen LogP contribution in [0.15, 0.2) is 81.9 Å². The van der Waals surface area contributed by atoms with Crippen molar-refractivity contribution in [2.45, 2.75) is 74.5 Å². The molecule has 1 amide bonds. The molecular formula is C36H42F3N7O4S. The second-order valence-electron chi connectivity index (χ2n) is 12.3. The molecule has 0 unspecified atom stereocenters. The van der Waals surface area contributed by atoms with Gasteiger partial charge in [0.2, 0.25) is 5.91 Å². The second-order valence-corrected chi connectivity index (χ2v) is 13.6. The number of hydrogen-bond acceptors (Lipinski definition) is 9. The number of rotatable bonds is 13. The van der Waals surface area contributed by atoms with Gasteiger partial charge >= 0.3 is 6.18 Å². The van der Waals surface area contributed by atoms with E-state index in [9.17, 15) is 27.6 Å². The van der Waals surface area contributed by atoms with E-state index in [1.807, 2.05) is 12.1 Å². The first-order valence-electron chi connectivity index (χ1n) is 17.0. The number of nitrogens with one attached hydrogen (secondary N) is 2. The van der Waals surface area contributed by atoms with Crippen molar-refractivity contribution >= 4 is 23.4 Å². The fourth-order valence-electron chi connectivity index (χ4n) is 5.52. The van der Waals surface area contributed by atoms with Crippen LogP contribution >= 0.6 is 11.8 Å². The van der Waals surface area contributed by atoms with Crippen LogP contribution in [0.3, 0.4) is 0 Å². The van der Waals surface area contributed by atoms with E-state index in [0.29, 0.717) is 65.6 Å². The van der Waals surface area contributed by atoms with Crippen LogP contribution in [0.2, 0.25) is 0 Å². The van der Waals surface area contributed by atoms with Gasteiger partial charge < -0.3 is 25.7 Å². The number of carbonyl (C=O) groups excluding carboxylic acids is 1. The maximum Gasteiger partial charge on any atom is 0.416 e. The van der Waals surface area contributed by atoms with Crippen LogP contribution in [-0.4, -0.2) is 61.8 Å². The smallest absolute Gasteiger partial charge is 0.416 e. The number of aromatic nitrogens is 4. The molecule has 1 aliphatic carbocycles. The zero-order valence-corrected chi connectivity index (χ0v) is 29.0. The van der Waals surface area contributed by atoms with Crippen molar-refractivity contribution in [3.63, 3.8) is 0 Å². The third kappa shape index (κ3) is 10.9. The number of aromatic amines is 1. The fraction of sp³-hybridized carbons (Fsp3) is 0.417. The number of carbonyl (C=O) groups is 1. The molecule has 1 fully saturated rings. The summed E-state index contributed by atoms with van der Waals surface area (Å²) >= 11 is 1.65. The topological polar surface area (TPSA) is 148 Å². The summed E-state index contributed by atoms with van der Waals surface area (Å²) in [5.41, 5.74) is 7.69. The predicted molar refractivity (Wildman–Crippen MR) is 190 cm³/mol. The first-order chi connectivity index (χ1) is 24.6. The lowest BCUT2D eigenvalue weighted by Crippen LogP contribution is -2.42. The molecule has 6 rings (SSSR count). The molecule has 0 bridgehead atoms. The van der Waals surface area contributed by atoms with Crippen LogP contribution < -0.4 is 26.9 Å². The zero-order valence-electron chi connectivity index (χ0n) is 28.2. The number of ether oxygens (including phenoxy) is 1. The zero-order chi connectivity index (χ0) is 36.2. The standard InChI is InChI=1S/C32H38F3N5O3S.C4H4N2O/c33-32(34,35)22-10-12-25(13-11-22)43-19-3-1-2-16-37-17-14-29(41)39-18-15-28-27(21-39)30(42)40(24-7-4-6-23(36)20-24)31(38-28)44-26-8-5-9-26;7-4-1-2-5-3-6-4/h4,6-7,10-13,20,26,37H,1-3,5,8-9,14-19,21,36H2;1-3H,(H,5,6,7). The van der Waals surface area contributed by atoms with Crippen LogP contribution in [-0.2, 0) is 23.9 Å². The number of nitrogen functional groups attached to an aromatic ring is 1. The number of anilines is 1. The third-order valence-electron chi connectivity index (χ3n) is 8.56. The summed E-state index contributed by atoms with van der Waals surface area (Å²) < 4.78 is 45.1. The Hall–Kier alpha value is -4.63. The summed E-state index contributed by atoms with van der Waals surface area (Å²) in [4.78, 5) is 49.6. The minimum absolute atomic E-state index is 0.00378. The van der Waals surface area contributed by atoms with Gasteiger partial charge in [0, 0.05) is 49.1 Å². The van der Waals surface area contributed by atoms with Gasteiger partial charge in [-0.05, 0) is 81.1 Å². The molecule has 0 spiro atoms. The van der Waals surface area contributed by atoms with E-state index >= 15 is 0 Å². The van der Waals surface area contributed by atoms with Crippen LogP contribution in [0.25, 0.3) is 5.69 Å². The maximum absolute atomic E-state index is 13.8. The molecule has 1 aliphatic heterocycles. The first kappa shape index (κ1) is 37.6. The maximum atomic E-state index is 13.8. The minimum atomic E-state index is -4.35. The second kappa shape index (κ2) is 18.0. The van der Waals surface area contributed by atoms with Gasteiger partial charge in [0.05, 0.1) is 42.0 Å². The Balaban J connectivity index is 0.000000643. The average molecular weight is 726 g/mol. The Morgan fingerprint density at radius 3 is 2.51 bits per heavy atom. The Bertz CT molecular complexity index is 1850. The van der Waals surface area contributed by atoms with Crippen LogP contribution in [0.5, 0.6) is 5.75 Å². The van der Waals surface area contributed by atoms with Crippen molar-refractivity contribution in [2.24, 2.45) is 0 Å². The highest BCUT2D eigenvalue weighted by Crippen LogP contribution is 2.36. The number of nitrogens with zero attached hydrogens (tertiary/aromatic N) is 4. The summed E-state index contributed by atoms with van der Waals surface area (Å²) in [6.45, 7) is 2.48. The summed E-state index contributed by atoms with van der Waals surface area (Å²) in [7, 11) is 0. The number of amides is 1.